The van der Waals surface area contributed by atoms with Gasteiger partial charge in [-0.15, -0.1) is 0 Å². The highest BCUT2D eigenvalue weighted by atomic mass is 19.1. The number of urea groups is 1. The molecule has 1 aromatic heterocycles. The number of carbonyl (C=O) groups excluding carboxylic acids is 3. The molecule has 0 radical (unpaired) electrons. The summed E-state index contributed by atoms with van der Waals surface area (Å²) in [6.07, 6.45) is 0.571. The summed E-state index contributed by atoms with van der Waals surface area (Å²) in [6.45, 7) is 3.57. The number of halogens is 1. The fourth-order valence-electron chi connectivity index (χ4n) is 4.81. The van der Waals surface area contributed by atoms with E-state index in [1.807, 2.05) is 18.2 Å². The lowest BCUT2D eigenvalue weighted by Crippen LogP contribution is -2.49. The molecule has 0 unspecified atom stereocenters. The molecule has 2 N–H and O–H groups in total. The van der Waals surface area contributed by atoms with Crippen molar-refractivity contribution in [3.8, 4) is 5.75 Å². The Kier molecular flexibility index (Phi) is 4.66. The van der Waals surface area contributed by atoms with Crippen LogP contribution in [0.5, 0.6) is 5.75 Å². The summed E-state index contributed by atoms with van der Waals surface area (Å²) in [5.41, 5.74) is 1.60. The number of imide groups is 1. The second-order valence-electron chi connectivity index (χ2n) is 8.49. The molecule has 3 heterocycles. The molecule has 0 spiro atoms. The first kappa shape index (κ1) is 21.0. The summed E-state index contributed by atoms with van der Waals surface area (Å²) in [7, 11) is 1.60. The molecule has 33 heavy (non-hydrogen) atoms. The number of carbonyl (C=O) groups is 3. The van der Waals surface area contributed by atoms with E-state index in [0.29, 0.717) is 30.1 Å². The van der Waals surface area contributed by atoms with E-state index in [0.717, 1.165) is 21.4 Å². The number of ether oxygens (including phenoxy) is 1. The topological polar surface area (TPSA) is 94.7 Å². The molecular weight excluding hydrogens is 427 g/mol. The van der Waals surface area contributed by atoms with Crippen LogP contribution in [0.1, 0.15) is 25.1 Å². The number of rotatable bonds is 4. The van der Waals surface area contributed by atoms with Crippen LogP contribution in [0.4, 0.5) is 14.9 Å². The van der Waals surface area contributed by atoms with Gasteiger partial charge in [0, 0.05) is 23.1 Å². The number of H-pyrrole nitrogens is 1. The number of aromatic nitrogens is 1. The van der Waals surface area contributed by atoms with Gasteiger partial charge in [0.05, 0.1) is 12.8 Å². The van der Waals surface area contributed by atoms with Crippen molar-refractivity contribution in [2.75, 3.05) is 19.0 Å². The molecule has 2 aliphatic rings. The Labute approximate surface area is 189 Å². The number of hydrogen-bond acceptors (Lipinski definition) is 4. The molecule has 8 nitrogen and oxygen atoms in total. The number of methoxy groups -OCH3 is 1. The van der Waals surface area contributed by atoms with Gasteiger partial charge in [-0.3, -0.25) is 9.59 Å². The summed E-state index contributed by atoms with van der Waals surface area (Å²) < 4.78 is 18.5. The average molecular weight is 450 g/mol. The lowest BCUT2D eigenvalue weighted by atomic mass is 9.87. The van der Waals surface area contributed by atoms with E-state index >= 15 is 0 Å². The van der Waals surface area contributed by atoms with Gasteiger partial charge >= 0.3 is 6.03 Å². The van der Waals surface area contributed by atoms with Crippen molar-refractivity contribution in [2.45, 2.75) is 31.8 Å². The molecule has 2 aromatic carbocycles. The Morgan fingerprint density at radius 2 is 1.94 bits per heavy atom. The lowest BCUT2D eigenvalue weighted by Gasteiger charge is -2.36. The van der Waals surface area contributed by atoms with Gasteiger partial charge in [0.2, 0.25) is 5.91 Å². The van der Waals surface area contributed by atoms with E-state index < -0.39 is 35.2 Å². The predicted molar refractivity (Wildman–Crippen MR) is 119 cm³/mol. The van der Waals surface area contributed by atoms with Crippen LogP contribution in [0.15, 0.2) is 42.5 Å². The quantitative estimate of drug-likeness (QED) is 0.596. The van der Waals surface area contributed by atoms with Crippen LogP contribution in [0, 0.1) is 5.82 Å². The van der Waals surface area contributed by atoms with Crippen LogP contribution < -0.4 is 10.1 Å². The van der Waals surface area contributed by atoms with Crippen LogP contribution in [-0.4, -0.2) is 52.3 Å². The third-order valence-electron chi connectivity index (χ3n) is 6.68. The van der Waals surface area contributed by atoms with Gasteiger partial charge in [0.15, 0.2) is 5.54 Å². The van der Waals surface area contributed by atoms with E-state index in [1.165, 1.54) is 36.1 Å². The normalized spacial score (nSPS) is 20.6. The van der Waals surface area contributed by atoms with Crippen LogP contribution >= 0.6 is 0 Å². The van der Waals surface area contributed by atoms with E-state index in [1.54, 1.807) is 14.0 Å². The predicted octanol–water partition coefficient (Wildman–Crippen LogP) is 3.38. The van der Waals surface area contributed by atoms with E-state index in [4.69, 9.17) is 4.74 Å². The highest BCUT2D eigenvalue weighted by Crippen LogP contribution is 2.45. The van der Waals surface area contributed by atoms with Gasteiger partial charge in [-0.05, 0) is 68.3 Å². The second-order valence-corrected chi connectivity index (χ2v) is 8.49. The van der Waals surface area contributed by atoms with Crippen molar-refractivity contribution in [1.29, 1.82) is 0 Å². The molecule has 1 fully saturated rings. The number of benzene rings is 2. The maximum absolute atomic E-state index is 13.7. The van der Waals surface area contributed by atoms with E-state index in [9.17, 15) is 18.8 Å². The maximum Gasteiger partial charge on any atom is 0.328 e. The molecular formula is C24H23FN4O4. The third kappa shape index (κ3) is 2.99. The monoisotopic (exact) mass is 450 g/mol. The van der Waals surface area contributed by atoms with Crippen LogP contribution in [0.2, 0.25) is 0 Å². The van der Waals surface area contributed by atoms with Crippen molar-refractivity contribution in [2.24, 2.45) is 0 Å². The number of amides is 4. The Morgan fingerprint density at radius 1 is 1.21 bits per heavy atom. The minimum Gasteiger partial charge on any atom is -0.497 e. The molecule has 9 heteroatoms. The van der Waals surface area contributed by atoms with Crippen molar-refractivity contribution in [3.05, 3.63) is 59.5 Å². The van der Waals surface area contributed by atoms with Crippen molar-refractivity contribution in [3.63, 3.8) is 0 Å². The molecule has 4 amide bonds. The average Bonchev–Trinajstić information content (AvgIpc) is 3.28. The minimum absolute atomic E-state index is 0.348. The Bertz CT molecular complexity index is 1300. The molecule has 5 rings (SSSR count). The van der Waals surface area contributed by atoms with Crippen LogP contribution in [-0.2, 0) is 21.5 Å². The first-order valence-electron chi connectivity index (χ1n) is 10.7. The molecule has 0 aliphatic carbocycles. The maximum atomic E-state index is 13.7. The number of anilines is 1. The summed E-state index contributed by atoms with van der Waals surface area (Å²) >= 11 is 0. The summed E-state index contributed by atoms with van der Waals surface area (Å²) in [4.78, 5) is 45.7. The van der Waals surface area contributed by atoms with Gasteiger partial charge < -0.3 is 19.9 Å². The fourth-order valence-corrected chi connectivity index (χ4v) is 4.81. The SMILES string of the molecule is COc1ccc2[nH]c3c(c2c1)CCN1C(=O)N([C@@H](C)C(=O)Nc2ccc(F)cc2)C(=O)[C@]31C. The van der Waals surface area contributed by atoms with Gasteiger partial charge in [0.25, 0.3) is 5.91 Å². The van der Waals surface area contributed by atoms with Crippen molar-refractivity contribution < 1.29 is 23.5 Å². The van der Waals surface area contributed by atoms with E-state index in [2.05, 4.69) is 10.3 Å². The number of hydrogen-bond donors (Lipinski definition) is 2. The summed E-state index contributed by atoms with van der Waals surface area (Å²) in [6, 6.07) is 9.36. The highest BCUT2D eigenvalue weighted by molar-refractivity contribution is 6.12. The molecule has 170 valence electrons. The summed E-state index contributed by atoms with van der Waals surface area (Å²) in [5, 5.41) is 3.59. The highest BCUT2D eigenvalue weighted by Gasteiger charge is 2.60. The Morgan fingerprint density at radius 3 is 2.64 bits per heavy atom. The van der Waals surface area contributed by atoms with Crippen molar-refractivity contribution >= 4 is 34.4 Å². The number of nitrogens with zero attached hydrogens (tertiary/aromatic N) is 2. The first-order valence-corrected chi connectivity index (χ1v) is 10.7. The van der Waals surface area contributed by atoms with Gasteiger partial charge in [0.1, 0.15) is 17.6 Å². The largest absolute Gasteiger partial charge is 0.497 e. The van der Waals surface area contributed by atoms with Crippen LogP contribution in [0.3, 0.4) is 0 Å². The molecule has 0 bridgehead atoms. The molecule has 2 aliphatic heterocycles. The van der Waals surface area contributed by atoms with E-state index in [-0.39, 0.29) is 0 Å². The summed E-state index contributed by atoms with van der Waals surface area (Å²) in [5.74, 6) is -0.719. The lowest BCUT2D eigenvalue weighted by molar-refractivity contribution is -0.137. The molecule has 2 atom stereocenters. The Hall–Kier alpha value is -3.88. The van der Waals surface area contributed by atoms with Crippen LogP contribution in [0.25, 0.3) is 10.9 Å². The zero-order valence-corrected chi connectivity index (χ0v) is 18.4. The zero-order valence-electron chi connectivity index (χ0n) is 18.4. The van der Waals surface area contributed by atoms with Crippen molar-refractivity contribution in [1.82, 2.24) is 14.8 Å². The number of nitrogens with one attached hydrogen (secondary N) is 2. The number of aromatic amines is 1. The smallest absolute Gasteiger partial charge is 0.328 e. The van der Waals surface area contributed by atoms with Gasteiger partial charge in [-0.2, -0.15) is 0 Å². The fraction of sp³-hybridized carbons (Fsp3) is 0.292. The van der Waals surface area contributed by atoms with Gasteiger partial charge in [-0.1, -0.05) is 0 Å². The molecule has 0 saturated carbocycles. The van der Waals surface area contributed by atoms with Gasteiger partial charge in [-0.25, -0.2) is 14.1 Å². The zero-order chi connectivity index (χ0) is 23.5. The Balaban J connectivity index is 1.49. The first-order chi connectivity index (χ1) is 15.8. The standard InChI is InChI=1S/C24H23FN4O4/c1-13(21(30)26-15-6-4-14(25)5-7-15)29-22(31)24(2)20-17(10-11-28(24)23(29)32)18-12-16(33-3)8-9-19(18)27-20/h4-9,12-13,27H,10-11H2,1-3H3,(H,26,30)/t13-,24-/m0/s1. The number of fused-ring (bicyclic) bond motifs is 5. The third-order valence-corrected chi connectivity index (χ3v) is 6.68. The molecule has 1 saturated heterocycles. The second kappa shape index (κ2) is 7.33. The minimum atomic E-state index is -1.25. The molecule has 3 aromatic rings.